The first-order chi connectivity index (χ1) is 14.8. The first-order valence-corrected chi connectivity index (χ1v) is 12.8. The van der Waals surface area contributed by atoms with E-state index in [0.29, 0.717) is 5.54 Å². The number of ether oxygens (including phenoxy) is 1. The predicted octanol–water partition coefficient (Wildman–Crippen LogP) is 2.99. The second kappa shape index (κ2) is 10.6. The van der Waals surface area contributed by atoms with Gasteiger partial charge in [0.25, 0.3) is 0 Å². The highest BCUT2D eigenvalue weighted by Crippen LogP contribution is 2.35. The smallest absolute Gasteiger partial charge is 0.191 e. The molecule has 0 unspecified atom stereocenters. The van der Waals surface area contributed by atoms with Gasteiger partial charge in [-0.25, -0.2) is 0 Å². The molecule has 172 valence electrons. The zero-order valence-corrected chi connectivity index (χ0v) is 19.4. The minimum atomic E-state index is 0.238. The van der Waals surface area contributed by atoms with E-state index in [0.717, 1.165) is 45.1 Å². The number of likely N-dealkylation sites (tertiary alicyclic amines) is 2. The minimum Gasteiger partial charge on any atom is -0.381 e. The largest absolute Gasteiger partial charge is 0.381 e. The van der Waals surface area contributed by atoms with Gasteiger partial charge in [-0.2, -0.15) is 0 Å². The van der Waals surface area contributed by atoms with E-state index in [9.17, 15) is 0 Å². The summed E-state index contributed by atoms with van der Waals surface area (Å²) in [5.74, 6) is 0.988. The molecule has 4 rings (SSSR count). The van der Waals surface area contributed by atoms with Crippen molar-refractivity contribution < 1.29 is 4.74 Å². The molecule has 3 heterocycles. The third-order valence-electron chi connectivity index (χ3n) is 8.40. The van der Waals surface area contributed by atoms with Crippen LogP contribution in [0.5, 0.6) is 0 Å². The van der Waals surface area contributed by atoms with Crippen molar-refractivity contribution in [1.29, 1.82) is 0 Å². The summed E-state index contributed by atoms with van der Waals surface area (Å²) < 4.78 is 5.72. The third-order valence-corrected chi connectivity index (χ3v) is 8.40. The van der Waals surface area contributed by atoms with E-state index in [1.165, 1.54) is 90.4 Å². The van der Waals surface area contributed by atoms with Crippen molar-refractivity contribution in [1.82, 2.24) is 20.4 Å². The Morgan fingerprint density at radius 1 is 0.700 bits per heavy atom. The van der Waals surface area contributed by atoms with Gasteiger partial charge in [0.1, 0.15) is 0 Å². The SMILES string of the molecule is CN=C(NCC1(N2CCCCC2)CCCCC1)NCC1(N2CCCC2)CCOCC1. The number of nitrogens with one attached hydrogen (secondary N) is 2. The van der Waals surface area contributed by atoms with Crippen molar-refractivity contribution in [2.45, 2.75) is 88.1 Å². The first kappa shape index (κ1) is 22.3. The summed E-state index contributed by atoms with van der Waals surface area (Å²) in [5, 5.41) is 7.51. The van der Waals surface area contributed by atoms with Gasteiger partial charge in [-0.3, -0.25) is 14.8 Å². The quantitative estimate of drug-likeness (QED) is 0.512. The lowest BCUT2D eigenvalue weighted by Crippen LogP contribution is -2.61. The molecule has 1 saturated carbocycles. The minimum absolute atomic E-state index is 0.238. The highest BCUT2D eigenvalue weighted by Gasteiger charge is 2.41. The molecule has 3 saturated heterocycles. The molecule has 6 nitrogen and oxygen atoms in total. The van der Waals surface area contributed by atoms with Gasteiger partial charge in [-0.1, -0.05) is 25.7 Å². The standard InChI is InChI=1S/C24H45N5O/c1-25-22(27-21-24(12-18-30-19-13-24)29-16-8-9-17-29)26-20-23(10-4-2-5-11-23)28-14-6-3-7-15-28/h2-21H2,1H3,(H2,25,26,27). The molecule has 2 N–H and O–H groups in total. The Balaban J connectivity index is 1.36. The van der Waals surface area contributed by atoms with Crippen LogP contribution in [0.15, 0.2) is 4.99 Å². The molecule has 4 aliphatic rings. The molecule has 0 bridgehead atoms. The van der Waals surface area contributed by atoms with Crippen LogP contribution >= 0.6 is 0 Å². The van der Waals surface area contributed by atoms with Crippen molar-refractivity contribution in [2.75, 3.05) is 59.5 Å². The second-order valence-electron chi connectivity index (χ2n) is 10.1. The molecule has 0 spiro atoms. The molecular weight excluding hydrogens is 374 g/mol. The number of aliphatic imine (C=N–C) groups is 1. The molecule has 4 fully saturated rings. The average Bonchev–Trinajstić information content (AvgIpc) is 3.37. The Hall–Kier alpha value is -0.850. The summed E-state index contributed by atoms with van der Waals surface area (Å²) in [6.07, 6.45) is 15.9. The summed E-state index contributed by atoms with van der Waals surface area (Å²) in [5.41, 5.74) is 0.573. The first-order valence-electron chi connectivity index (χ1n) is 12.8. The van der Waals surface area contributed by atoms with Crippen molar-refractivity contribution in [2.24, 2.45) is 4.99 Å². The van der Waals surface area contributed by atoms with Crippen molar-refractivity contribution in [3.8, 4) is 0 Å². The topological polar surface area (TPSA) is 52.1 Å². The van der Waals surface area contributed by atoms with Gasteiger partial charge in [0, 0.05) is 44.4 Å². The lowest BCUT2D eigenvalue weighted by Gasteiger charge is -2.48. The van der Waals surface area contributed by atoms with Crippen LogP contribution in [-0.4, -0.2) is 86.4 Å². The van der Waals surface area contributed by atoms with Crippen LogP contribution in [0.25, 0.3) is 0 Å². The van der Waals surface area contributed by atoms with E-state index in [1.54, 1.807) is 0 Å². The maximum Gasteiger partial charge on any atom is 0.191 e. The maximum absolute atomic E-state index is 5.72. The van der Waals surface area contributed by atoms with Gasteiger partial charge in [-0.05, 0) is 77.5 Å². The molecule has 0 atom stereocenters. The lowest BCUT2D eigenvalue weighted by atomic mass is 9.79. The van der Waals surface area contributed by atoms with E-state index < -0.39 is 0 Å². The fourth-order valence-corrected chi connectivity index (χ4v) is 6.45. The van der Waals surface area contributed by atoms with E-state index in [4.69, 9.17) is 4.74 Å². The Labute approximate surface area is 184 Å². The van der Waals surface area contributed by atoms with Crippen LogP contribution in [0.3, 0.4) is 0 Å². The second-order valence-corrected chi connectivity index (χ2v) is 10.1. The van der Waals surface area contributed by atoms with Crippen LogP contribution in [-0.2, 0) is 4.74 Å². The molecule has 0 aromatic rings. The van der Waals surface area contributed by atoms with Crippen molar-refractivity contribution in [3.63, 3.8) is 0 Å². The molecule has 0 radical (unpaired) electrons. The molecular formula is C24H45N5O. The number of guanidine groups is 1. The molecule has 0 amide bonds. The van der Waals surface area contributed by atoms with Gasteiger partial charge in [0.05, 0.1) is 0 Å². The molecule has 30 heavy (non-hydrogen) atoms. The van der Waals surface area contributed by atoms with E-state index in [1.807, 2.05) is 7.05 Å². The Kier molecular flexibility index (Phi) is 7.93. The number of nitrogens with zero attached hydrogens (tertiary/aromatic N) is 3. The van der Waals surface area contributed by atoms with Crippen LogP contribution in [0.4, 0.5) is 0 Å². The molecule has 6 heteroatoms. The summed E-state index contributed by atoms with van der Waals surface area (Å²) in [6, 6.07) is 0. The molecule has 0 aromatic heterocycles. The Bertz CT molecular complexity index is 542. The predicted molar refractivity (Wildman–Crippen MR) is 124 cm³/mol. The number of piperidine rings is 1. The normalized spacial score (nSPS) is 28.4. The van der Waals surface area contributed by atoms with Crippen LogP contribution in [0, 0.1) is 0 Å². The van der Waals surface area contributed by atoms with E-state index in [-0.39, 0.29) is 5.54 Å². The lowest BCUT2D eigenvalue weighted by molar-refractivity contribution is -0.0164. The number of hydrogen-bond donors (Lipinski definition) is 2. The zero-order valence-electron chi connectivity index (χ0n) is 19.4. The molecule has 0 aromatic carbocycles. The van der Waals surface area contributed by atoms with Crippen LogP contribution in [0.2, 0.25) is 0 Å². The summed E-state index contributed by atoms with van der Waals surface area (Å²) in [4.78, 5) is 10.2. The summed E-state index contributed by atoms with van der Waals surface area (Å²) >= 11 is 0. The Morgan fingerprint density at radius 2 is 1.17 bits per heavy atom. The highest BCUT2D eigenvalue weighted by atomic mass is 16.5. The van der Waals surface area contributed by atoms with Gasteiger partial charge in [-0.15, -0.1) is 0 Å². The third kappa shape index (κ3) is 5.13. The van der Waals surface area contributed by atoms with Crippen LogP contribution in [0.1, 0.15) is 77.0 Å². The zero-order chi connectivity index (χ0) is 20.7. The average molecular weight is 420 g/mol. The van der Waals surface area contributed by atoms with Gasteiger partial charge in [0.15, 0.2) is 5.96 Å². The summed E-state index contributed by atoms with van der Waals surface area (Å²) in [7, 11) is 1.93. The van der Waals surface area contributed by atoms with Crippen molar-refractivity contribution >= 4 is 5.96 Å². The molecule has 1 aliphatic carbocycles. The van der Waals surface area contributed by atoms with E-state index in [2.05, 4.69) is 25.4 Å². The van der Waals surface area contributed by atoms with Crippen molar-refractivity contribution in [3.05, 3.63) is 0 Å². The van der Waals surface area contributed by atoms with Gasteiger partial charge < -0.3 is 15.4 Å². The summed E-state index contributed by atoms with van der Waals surface area (Å²) in [6.45, 7) is 8.85. The van der Waals surface area contributed by atoms with E-state index >= 15 is 0 Å². The fourth-order valence-electron chi connectivity index (χ4n) is 6.45. The number of hydrogen-bond acceptors (Lipinski definition) is 4. The number of rotatable bonds is 6. The fraction of sp³-hybridized carbons (Fsp3) is 0.958. The van der Waals surface area contributed by atoms with Gasteiger partial charge in [0.2, 0.25) is 0 Å². The maximum atomic E-state index is 5.72. The monoisotopic (exact) mass is 419 g/mol. The van der Waals surface area contributed by atoms with Gasteiger partial charge >= 0.3 is 0 Å². The van der Waals surface area contributed by atoms with Crippen LogP contribution < -0.4 is 10.6 Å². The highest BCUT2D eigenvalue weighted by molar-refractivity contribution is 5.79. The molecule has 3 aliphatic heterocycles. The Morgan fingerprint density at radius 3 is 1.70 bits per heavy atom.